The minimum Gasteiger partial charge on any atom is -0.492 e. The highest BCUT2D eigenvalue weighted by Gasteiger charge is 2.51. The maximum Gasteiger partial charge on any atom is 0.244 e. The number of ether oxygens (including phenoxy) is 1. The van der Waals surface area contributed by atoms with E-state index < -0.39 is 14.6 Å². The Morgan fingerprint density at radius 2 is 1.70 bits per heavy atom. The Morgan fingerprint density at radius 3 is 2.26 bits per heavy atom. The molecule has 1 aliphatic carbocycles. The molecule has 2 fully saturated rings. The molecule has 0 atom stereocenters. The van der Waals surface area contributed by atoms with Crippen molar-refractivity contribution >= 4 is 27.3 Å². The average molecular weight is 415 g/mol. The maximum absolute atomic E-state index is 13.0. The zero-order valence-corrected chi connectivity index (χ0v) is 17.3. The van der Waals surface area contributed by atoms with Crippen molar-refractivity contribution in [3.05, 3.63) is 29.3 Å². The summed E-state index contributed by atoms with van der Waals surface area (Å²) in [6.07, 6.45) is 3.74. The van der Waals surface area contributed by atoms with Gasteiger partial charge >= 0.3 is 0 Å². The number of carbonyl (C=O) groups excluding carboxylic acids is 1. The van der Waals surface area contributed by atoms with Crippen molar-refractivity contribution in [2.24, 2.45) is 0 Å². The van der Waals surface area contributed by atoms with Crippen LogP contribution in [-0.4, -0.2) is 74.5 Å². The number of benzene rings is 1. The molecule has 0 unspecified atom stereocenters. The number of rotatable bonds is 6. The molecule has 0 N–H and O–H groups in total. The first-order valence-electron chi connectivity index (χ1n) is 9.41. The second-order valence-corrected chi connectivity index (χ2v) is 10.2. The molecule has 0 radical (unpaired) electrons. The highest BCUT2D eigenvalue weighted by molar-refractivity contribution is 7.92. The van der Waals surface area contributed by atoms with E-state index >= 15 is 0 Å². The summed E-state index contributed by atoms with van der Waals surface area (Å²) >= 11 is 5.86. The van der Waals surface area contributed by atoms with Gasteiger partial charge < -0.3 is 9.64 Å². The molecule has 2 aliphatic rings. The van der Waals surface area contributed by atoms with Gasteiger partial charge in [0.15, 0.2) is 14.6 Å². The largest absolute Gasteiger partial charge is 0.492 e. The van der Waals surface area contributed by atoms with E-state index in [9.17, 15) is 13.2 Å². The number of halogens is 1. The molecule has 1 saturated carbocycles. The number of hydrogen-bond donors (Lipinski definition) is 0. The zero-order valence-electron chi connectivity index (χ0n) is 15.7. The smallest absolute Gasteiger partial charge is 0.244 e. The lowest BCUT2D eigenvalue weighted by Gasteiger charge is -2.39. The highest BCUT2D eigenvalue weighted by atomic mass is 35.5. The van der Waals surface area contributed by atoms with Gasteiger partial charge in [-0.3, -0.25) is 9.69 Å². The fraction of sp³-hybridized carbons (Fsp3) is 0.632. The van der Waals surface area contributed by atoms with Crippen LogP contribution in [0.1, 0.15) is 25.7 Å². The van der Waals surface area contributed by atoms with Crippen molar-refractivity contribution in [2.75, 3.05) is 45.6 Å². The fourth-order valence-electron chi connectivity index (χ4n) is 3.98. The van der Waals surface area contributed by atoms with E-state index in [0.717, 1.165) is 38.2 Å². The van der Waals surface area contributed by atoms with Crippen molar-refractivity contribution in [1.82, 2.24) is 9.80 Å². The average Bonchev–Trinajstić information content (AvgIpc) is 3.15. The number of amides is 1. The van der Waals surface area contributed by atoms with Gasteiger partial charge in [0, 0.05) is 44.0 Å². The second kappa shape index (κ2) is 8.37. The third kappa shape index (κ3) is 4.58. The molecule has 1 saturated heterocycles. The van der Waals surface area contributed by atoms with Gasteiger partial charge in [0.1, 0.15) is 12.4 Å². The third-order valence-corrected chi connectivity index (χ3v) is 7.91. The number of hydrogen-bond acceptors (Lipinski definition) is 5. The Labute approximate surface area is 166 Å². The summed E-state index contributed by atoms with van der Waals surface area (Å²) in [5.41, 5.74) is 0. The van der Waals surface area contributed by atoms with Gasteiger partial charge in [-0.1, -0.05) is 24.4 Å². The van der Waals surface area contributed by atoms with Gasteiger partial charge in [0.05, 0.1) is 0 Å². The van der Waals surface area contributed by atoms with Crippen LogP contribution in [-0.2, 0) is 14.6 Å². The summed E-state index contributed by atoms with van der Waals surface area (Å²) in [7, 11) is -3.41. The minimum absolute atomic E-state index is 0.195. The van der Waals surface area contributed by atoms with Crippen LogP contribution >= 0.6 is 11.6 Å². The summed E-state index contributed by atoms with van der Waals surface area (Å²) in [5.74, 6) is 0.587. The first-order chi connectivity index (χ1) is 12.8. The van der Waals surface area contributed by atoms with Gasteiger partial charge in [0.2, 0.25) is 5.91 Å². The van der Waals surface area contributed by atoms with E-state index in [0.29, 0.717) is 37.6 Å². The van der Waals surface area contributed by atoms with Crippen LogP contribution in [0.5, 0.6) is 5.75 Å². The molecule has 0 spiro atoms. The Kier molecular flexibility index (Phi) is 6.33. The lowest BCUT2D eigenvalue weighted by atomic mass is 10.0. The summed E-state index contributed by atoms with van der Waals surface area (Å²) in [4.78, 5) is 17.0. The molecule has 1 amide bonds. The van der Waals surface area contributed by atoms with Gasteiger partial charge in [-0.15, -0.1) is 0 Å². The van der Waals surface area contributed by atoms with Crippen molar-refractivity contribution in [1.29, 1.82) is 0 Å². The fourth-order valence-corrected chi connectivity index (χ4v) is 5.58. The topological polar surface area (TPSA) is 66.9 Å². The molecule has 3 rings (SSSR count). The molecule has 27 heavy (non-hydrogen) atoms. The number of sulfone groups is 1. The first-order valence-corrected chi connectivity index (χ1v) is 11.7. The molecule has 1 aromatic rings. The normalized spacial score (nSPS) is 20.6. The SMILES string of the molecule is CS(=O)(=O)C1(C(=O)N2CCN(CCOc3ccc(Cl)cc3)CC2)CCCC1. The Morgan fingerprint density at radius 1 is 1.11 bits per heavy atom. The van der Waals surface area contributed by atoms with Crippen LogP contribution in [0, 0.1) is 0 Å². The predicted molar refractivity (Wildman–Crippen MR) is 106 cm³/mol. The van der Waals surface area contributed by atoms with Gasteiger partial charge in [-0.05, 0) is 37.1 Å². The van der Waals surface area contributed by atoms with Crippen LogP contribution in [0.25, 0.3) is 0 Å². The van der Waals surface area contributed by atoms with Crippen LogP contribution in [0.15, 0.2) is 24.3 Å². The monoisotopic (exact) mass is 414 g/mol. The number of nitrogens with zero attached hydrogens (tertiary/aromatic N) is 2. The molecule has 0 aromatic heterocycles. The van der Waals surface area contributed by atoms with E-state index in [4.69, 9.17) is 16.3 Å². The summed E-state index contributed by atoms with van der Waals surface area (Å²) in [6.45, 7) is 3.92. The van der Waals surface area contributed by atoms with Crippen molar-refractivity contribution < 1.29 is 17.9 Å². The molecule has 0 bridgehead atoms. The highest BCUT2D eigenvalue weighted by Crippen LogP contribution is 2.38. The molecule has 8 heteroatoms. The summed E-state index contributed by atoms with van der Waals surface area (Å²) in [5, 5.41) is 0.678. The predicted octanol–water partition coefficient (Wildman–Crippen LogP) is 2.22. The molecule has 1 heterocycles. The molecule has 1 aromatic carbocycles. The van der Waals surface area contributed by atoms with Crippen molar-refractivity contribution in [2.45, 2.75) is 30.4 Å². The van der Waals surface area contributed by atoms with E-state index in [2.05, 4.69) is 4.90 Å². The first kappa shape index (κ1) is 20.4. The van der Waals surface area contributed by atoms with Crippen molar-refractivity contribution in [3.8, 4) is 5.75 Å². The molecular weight excluding hydrogens is 388 g/mol. The van der Waals surface area contributed by atoms with E-state index in [-0.39, 0.29) is 5.91 Å². The second-order valence-electron chi connectivity index (χ2n) is 7.41. The van der Waals surface area contributed by atoms with Crippen LogP contribution in [0.4, 0.5) is 0 Å². The van der Waals surface area contributed by atoms with E-state index in [1.807, 2.05) is 12.1 Å². The van der Waals surface area contributed by atoms with Gasteiger partial charge in [0.25, 0.3) is 0 Å². The standard InChI is InChI=1S/C19H27ClN2O4S/c1-27(24,25)19(8-2-3-9-19)18(23)22-12-10-21(11-13-22)14-15-26-17-6-4-16(20)5-7-17/h4-7H,2-3,8-15H2,1H3. The molecule has 150 valence electrons. The summed E-state index contributed by atoms with van der Waals surface area (Å²) in [6, 6.07) is 7.26. The molecule has 6 nitrogen and oxygen atoms in total. The zero-order chi connectivity index (χ0) is 19.5. The Balaban J connectivity index is 1.48. The lowest BCUT2D eigenvalue weighted by Crippen LogP contribution is -2.57. The van der Waals surface area contributed by atoms with Gasteiger partial charge in [-0.2, -0.15) is 0 Å². The molecule has 1 aliphatic heterocycles. The van der Waals surface area contributed by atoms with E-state index in [1.165, 1.54) is 6.26 Å². The number of piperazine rings is 1. The van der Waals surface area contributed by atoms with E-state index in [1.54, 1.807) is 17.0 Å². The Bertz CT molecular complexity index is 752. The minimum atomic E-state index is -3.41. The summed E-state index contributed by atoms with van der Waals surface area (Å²) < 4.78 is 29.2. The third-order valence-electron chi connectivity index (χ3n) is 5.66. The number of carbonyl (C=O) groups is 1. The quantitative estimate of drug-likeness (QED) is 0.714. The lowest BCUT2D eigenvalue weighted by molar-refractivity contribution is -0.135. The Hall–Kier alpha value is -1.31. The van der Waals surface area contributed by atoms with Crippen LogP contribution in [0.2, 0.25) is 5.02 Å². The van der Waals surface area contributed by atoms with Crippen LogP contribution < -0.4 is 4.74 Å². The molecular formula is C19H27ClN2O4S. The van der Waals surface area contributed by atoms with Gasteiger partial charge in [-0.25, -0.2) is 8.42 Å². The van der Waals surface area contributed by atoms with Crippen LogP contribution in [0.3, 0.4) is 0 Å². The van der Waals surface area contributed by atoms with Crippen molar-refractivity contribution in [3.63, 3.8) is 0 Å². The maximum atomic E-state index is 13.0.